The van der Waals surface area contributed by atoms with E-state index >= 15 is 0 Å². The maximum Gasteiger partial charge on any atom is 0.141 e. The second kappa shape index (κ2) is 4.42. The summed E-state index contributed by atoms with van der Waals surface area (Å²) >= 11 is 6.17. The lowest BCUT2D eigenvalue weighted by molar-refractivity contribution is 0.221. The molecule has 1 saturated heterocycles. The summed E-state index contributed by atoms with van der Waals surface area (Å²) < 4.78 is 5.90. The molecule has 2 rings (SSSR count). The highest BCUT2D eigenvalue weighted by atomic mass is 35.5. The Kier molecular flexibility index (Phi) is 3.17. The zero-order valence-corrected chi connectivity index (χ0v) is 9.90. The monoisotopic (exact) mass is 225 g/mol. The van der Waals surface area contributed by atoms with Crippen LogP contribution in [-0.4, -0.2) is 19.2 Å². The van der Waals surface area contributed by atoms with Gasteiger partial charge >= 0.3 is 0 Å². The summed E-state index contributed by atoms with van der Waals surface area (Å²) in [7, 11) is 0. The van der Waals surface area contributed by atoms with Crippen LogP contribution in [0.1, 0.15) is 17.5 Å². The Morgan fingerprint density at radius 2 is 2.20 bits per heavy atom. The fourth-order valence-corrected chi connectivity index (χ4v) is 2.31. The third-order valence-corrected chi connectivity index (χ3v) is 2.95. The van der Waals surface area contributed by atoms with E-state index in [1.807, 2.05) is 19.9 Å². The zero-order chi connectivity index (χ0) is 10.8. The van der Waals surface area contributed by atoms with Crippen LogP contribution in [0.25, 0.3) is 0 Å². The molecule has 1 unspecified atom stereocenters. The number of benzene rings is 1. The van der Waals surface area contributed by atoms with E-state index in [1.54, 1.807) is 0 Å². The fourth-order valence-electron chi connectivity index (χ4n) is 1.95. The van der Waals surface area contributed by atoms with Crippen LogP contribution in [0.15, 0.2) is 12.1 Å². The van der Waals surface area contributed by atoms with Gasteiger partial charge in [0.15, 0.2) is 0 Å². The van der Waals surface area contributed by atoms with Gasteiger partial charge in [-0.25, -0.2) is 0 Å². The molecule has 0 spiro atoms. The molecule has 0 aliphatic carbocycles. The van der Waals surface area contributed by atoms with Gasteiger partial charge in [0, 0.05) is 6.54 Å². The van der Waals surface area contributed by atoms with E-state index in [9.17, 15) is 0 Å². The van der Waals surface area contributed by atoms with Crippen molar-refractivity contribution < 1.29 is 4.74 Å². The first-order chi connectivity index (χ1) is 7.16. The number of rotatable bonds is 2. The average molecular weight is 226 g/mol. The third kappa shape index (κ3) is 2.44. The SMILES string of the molecule is Cc1cc(C)c(OC2CCNC2)c(Cl)c1. The summed E-state index contributed by atoms with van der Waals surface area (Å²) in [5.74, 6) is 0.843. The predicted molar refractivity (Wildman–Crippen MR) is 62.8 cm³/mol. The van der Waals surface area contributed by atoms with Crippen molar-refractivity contribution in [1.29, 1.82) is 0 Å². The molecule has 1 aromatic rings. The molecule has 2 nitrogen and oxygen atoms in total. The van der Waals surface area contributed by atoms with Crippen LogP contribution in [0.3, 0.4) is 0 Å². The molecule has 15 heavy (non-hydrogen) atoms. The minimum absolute atomic E-state index is 0.268. The van der Waals surface area contributed by atoms with Gasteiger partial charge in [0.2, 0.25) is 0 Å². The van der Waals surface area contributed by atoms with E-state index in [0.717, 1.165) is 35.8 Å². The van der Waals surface area contributed by atoms with Gasteiger partial charge in [0.25, 0.3) is 0 Å². The Morgan fingerprint density at radius 1 is 1.40 bits per heavy atom. The topological polar surface area (TPSA) is 21.3 Å². The quantitative estimate of drug-likeness (QED) is 0.836. The smallest absolute Gasteiger partial charge is 0.141 e. The van der Waals surface area contributed by atoms with Gasteiger partial charge in [-0.1, -0.05) is 17.7 Å². The Balaban J connectivity index is 2.19. The van der Waals surface area contributed by atoms with Crippen LogP contribution in [0.2, 0.25) is 5.02 Å². The van der Waals surface area contributed by atoms with Crippen molar-refractivity contribution in [2.24, 2.45) is 0 Å². The predicted octanol–water partition coefficient (Wildman–Crippen LogP) is 2.70. The summed E-state index contributed by atoms with van der Waals surface area (Å²) in [6.07, 6.45) is 1.33. The second-order valence-corrected chi connectivity index (χ2v) is 4.53. The van der Waals surface area contributed by atoms with Crippen LogP contribution in [0.5, 0.6) is 5.75 Å². The van der Waals surface area contributed by atoms with Crippen molar-refractivity contribution >= 4 is 11.6 Å². The molecule has 0 saturated carbocycles. The average Bonchev–Trinajstić information content (AvgIpc) is 2.63. The minimum atomic E-state index is 0.268. The van der Waals surface area contributed by atoms with Crippen molar-refractivity contribution in [3.8, 4) is 5.75 Å². The lowest BCUT2D eigenvalue weighted by Gasteiger charge is -2.16. The van der Waals surface area contributed by atoms with Gasteiger partial charge in [0.1, 0.15) is 11.9 Å². The maximum atomic E-state index is 6.17. The highest BCUT2D eigenvalue weighted by Crippen LogP contribution is 2.31. The summed E-state index contributed by atoms with van der Waals surface area (Å²) in [4.78, 5) is 0. The van der Waals surface area contributed by atoms with Crippen LogP contribution >= 0.6 is 11.6 Å². The van der Waals surface area contributed by atoms with Gasteiger partial charge in [-0.05, 0) is 44.0 Å². The Morgan fingerprint density at radius 3 is 2.80 bits per heavy atom. The van der Waals surface area contributed by atoms with Gasteiger partial charge in [-0.2, -0.15) is 0 Å². The lowest BCUT2D eigenvalue weighted by atomic mass is 10.1. The van der Waals surface area contributed by atoms with E-state index < -0.39 is 0 Å². The van der Waals surface area contributed by atoms with E-state index in [1.165, 1.54) is 5.56 Å². The maximum absolute atomic E-state index is 6.17. The molecule has 0 bridgehead atoms. The molecule has 82 valence electrons. The largest absolute Gasteiger partial charge is 0.487 e. The van der Waals surface area contributed by atoms with Crippen molar-refractivity contribution in [3.63, 3.8) is 0 Å². The van der Waals surface area contributed by atoms with E-state index in [2.05, 4.69) is 11.4 Å². The molecule has 1 heterocycles. The molecule has 0 amide bonds. The molecule has 1 N–H and O–H groups in total. The molecule has 1 atom stereocenters. The van der Waals surface area contributed by atoms with Gasteiger partial charge in [0.05, 0.1) is 5.02 Å². The summed E-state index contributed by atoms with van der Waals surface area (Å²) in [5, 5.41) is 4.00. The number of ether oxygens (including phenoxy) is 1. The molecular weight excluding hydrogens is 210 g/mol. The van der Waals surface area contributed by atoms with Gasteiger partial charge in [-0.15, -0.1) is 0 Å². The summed E-state index contributed by atoms with van der Waals surface area (Å²) in [6, 6.07) is 4.05. The lowest BCUT2D eigenvalue weighted by Crippen LogP contribution is -2.20. The number of hydrogen-bond donors (Lipinski definition) is 1. The molecule has 1 aromatic carbocycles. The first kappa shape index (κ1) is 10.8. The van der Waals surface area contributed by atoms with Crippen LogP contribution < -0.4 is 10.1 Å². The van der Waals surface area contributed by atoms with Crippen molar-refractivity contribution in [1.82, 2.24) is 5.32 Å². The summed E-state index contributed by atoms with van der Waals surface area (Å²) in [6.45, 7) is 6.03. The van der Waals surface area contributed by atoms with Gasteiger partial charge < -0.3 is 10.1 Å². The van der Waals surface area contributed by atoms with E-state index in [-0.39, 0.29) is 6.10 Å². The van der Waals surface area contributed by atoms with Crippen LogP contribution in [-0.2, 0) is 0 Å². The number of hydrogen-bond acceptors (Lipinski definition) is 2. The highest BCUT2D eigenvalue weighted by Gasteiger charge is 2.18. The van der Waals surface area contributed by atoms with Gasteiger partial charge in [-0.3, -0.25) is 0 Å². The Hall–Kier alpha value is -0.730. The molecule has 1 aliphatic rings. The molecular formula is C12H16ClNO. The minimum Gasteiger partial charge on any atom is -0.487 e. The second-order valence-electron chi connectivity index (χ2n) is 4.13. The van der Waals surface area contributed by atoms with Crippen LogP contribution in [0.4, 0.5) is 0 Å². The molecule has 3 heteroatoms. The summed E-state index contributed by atoms with van der Waals surface area (Å²) in [5.41, 5.74) is 2.29. The number of halogens is 1. The van der Waals surface area contributed by atoms with Crippen molar-refractivity contribution in [2.75, 3.05) is 13.1 Å². The number of aryl methyl sites for hydroxylation is 2. The Labute approximate surface area is 95.6 Å². The standard InChI is InChI=1S/C12H16ClNO/c1-8-5-9(2)12(11(13)6-8)15-10-3-4-14-7-10/h5-6,10,14H,3-4,7H2,1-2H3. The molecule has 1 aliphatic heterocycles. The normalized spacial score (nSPS) is 20.6. The molecule has 0 radical (unpaired) electrons. The third-order valence-electron chi connectivity index (χ3n) is 2.67. The van der Waals surface area contributed by atoms with Crippen LogP contribution in [0, 0.1) is 13.8 Å². The first-order valence-corrected chi connectivity index (χ1v) is 5.69. The highest BCUT2D eigenvalue weighted by molar-refractivity contribution is 6.32. The van der Waals surface area contributed by atoms with E-state index in [0.29, 0.717) is 0 Å². The fraction of sp³-hybridized carbons (Fsp3) is 0.500. The van der Waals surface area contributed by atoms with Crippen molar-refractivity contribution in [3.05, 3.63) is 28.3 Å². The molecule has 1 fully saturated rings. The molecule has 0 aromatic heterocycles. The number of nitrogens with one attached hydrogen (secondary N) is 1. The zero-order valence-electron chi connectivity index (χ0n) is 9.14. The Bertz CT molecular complexity index is 336. The van der Waals surface area contributed by atoms with E-state index in [4.69, 9.17) is 16.3 Å². The van der Waals surface area contributed by atoms with Crippen molar-refractivity contribution in [2.45, 2.75) is 26.4 Å². The first-order valence-electron chi connectivity index (χ1n) is 5.31.